The molecule has 1 rings (SSSR count). The summed E-state index contributed by atoms with van der Waals surface area (Å²) in [5.41, 5.74) is 0.823. The molecule has 0 fully saturated rings. The van der Waals surface area contributed by atoms with Gasteiger partial charge in [0.15, 0.2) is 0 Å². The molecule has 1 unspecified atom stereocenters. The van der Waals surface area contributed by atoms with Gasteiger partial charge in [0.2, 0.25) is 5.65 Å². The van der Waals surface area contributed by atoms with Crippen LogP contribution in [0.3, 0.4) is 0 Å². The van der Waals surface area contributed by atoms with E-state index in [1.807, 2.05) is 12.2 Å². The number of rotatable bonds is 1. The summed E-state index contributed by atoms with van der Waals surface area (Å²) < 4.78 is 0. The largest absolute Gasteiger partial charge is 0.323 e. The maximum Gasteiger partial charge on any atom is 0.239 e. The summed E-state index contributed by atoms with van der Waals surface area (Å²) in [5.74, 6) is 0. The summed E-state index contributed by atoms with van der Waals surface area (Å²) in [4.78, 5) is 10.5. The Bertz CT molecular complexity index is 196. The van der Waals surface area contributed by atoms with Crippen LogP contribution in [0.1, 0.15) is 12.8 Å². The molecule has 0 radical (unpaired) electrons. The lowest BCUT2D eigenvalue weighted by molar-refractivity contribution is 0.263. The van der Waals surface area contributed by atoms with Crippen LogP contribution >= 0.6 is 9.24 Å². The first kappa shape index (κ1) is 7.49. The lowest BCUT2D eigenvalue weighted by Gasteiger charge is -2.05. The lowest BCUT2D eigenvalue weighted by Crippen LogP contribution is -2.14. The second kappa shape index (κ2) is 3.52. The Morgan fingerprint density at radius 1 is 1.60 bits per heavy atom. The fraction of sp³-hybridized carbons (Fsp3) is 0.286. The Morgan fingerprint density at radius 2 is 2.40 bits per heavy atom. The monoisotopic (exact) mass is 155 g/mol. The molecule has 0 bridgehead atoms. The predicted octanol–water partition coefficient (Wildman–Crippen LogP) is 1.80. The average Bonchev–Trinajstić information content (AvgIpc) is 1.88. The minimum Gasteiger partial charge on any atom is -0.323 e. The zero-order valence-electron chi connectivity index (χ0n) is 5.63. The normalized spacial score (nSPS) is 16.3. The molecule has 0 saturated heterocycles. The third kappa shape index (κ3) is 2.32. The Morgan fingerprint density at radius 3 is 2.90 bits per heavy atom. The lowest BCUT2D eigenvalue weighted by atomic mass is 10.1. The second-order valence-corrected chi connectivity index (χ2v) is 2.65. The minimum atomic E-state index is -0.0854. The van der Waals surface area contributed by atoms with Crippen LogP contribution in [0, 0.1) is 0 Å². The SMILES string of the molecule is O=C(P)NC1=CCCC=C1. The van der Waals surface area contributed by atoms with Gasteiger partial charge in [-0.05, 0) is 28.2 Å². The molecule has 3 heteroatoms. The third-order valence-electron chi connectivity index (χ3n) is 1.26. The molecule has 1 aliphatic rings. The molecule has 10 heavy (non-hydrogen) atoms. The van der Waals surface area contributed by atoms with Crippen molar-refractivity contribution in [1.82, 2.24) is 5.32 Å². The number of nitrogens with one attached hydrogen (secondary N) is 1. The predicted molar refractivity (Wildman–Crippen MR) is 44.7 cm³/mol. The van der Waals surface area contributed by atoms with Crippen molar-refractivity contribution >= 4 is 14.9 Å². The van der Waals surface area contributed by atoms with Crippen molar-refractivity contribution in [3.63, 3.8) is 0 Å². The first-order valence-electron chi connectivity index (χ1n) is 3.22. The summed E-state index contributed by atoms with van der Waals surface area (Å²) in [6, 6.07) is 0. The van der Waals surface area contributed by atoms with Gasteiger partial charge in [-0.1, -0.05) is 12.2 Å². The fourth-order valence-electron chi connectivity index (χ4n) is 0.848. The van der Waals surface area contributed by atoms with Gasteiger partial charge in [-0.2, -0.15) is 0 Å². The van der Waals surface area contributed by atoms with Crippen LogP contribution in [0.25, 0.3) is 0 Å². The highest BCUT2D eigenvalue weighted by Gasteiger charge is 1.97. The van der Waals surface area contributed by atoms with E-state index >= 15 is 0 Å². The van der Waals surface area contributed by atoms with E-state index in [0.29, 0.717) is 0 Å². The van der Waals surface area contributed by atoms with Gasteiger partial charge in [0.25, 0.3) is 0 Å². The topological polar surface area (TPSA) is 29.1 Å². The van der Waals surface area contributed by atoms with E-state index in [1.165, 1.54) is 0 Å². The molecule has 1 N–H and O–H groups in total. The van der Waals surface area contributed by atoms with Crippen molar-refractivity contribution < 1.29 is 4.79 Å². The van der Waals surface area contributed by atoms with Gasteiger partial charge < -0.3 is 5.32 Å². The van der Waals surface area contributed by atoms with E-state index < -0.39 is 0 Å². The van der Waals surface area contributed by atoms with Gasteiger partial charge in [0.05, 0.1) is 0 Å². The highest BCUT2D eigenvalue weighted by molar-refractivity contribution is 7.39. The molecule has 1 atom stereocenters. The Balaban J connectivity index is 2.48. The summed E-state index contributed by atoms with van der Waals surface area (Å²) in [7, 11) is 2.08. The molecular formula is C7H10NOP. The van der Waals surface area contributed by atoms with Gasteiger partial charge in [-0.25, -0.2) is 0 Å². The van der Waals surface area contributed by atoms with Gasteiger partial charge in [-0.15, -0.1) is 0 Å². The summed E-state index contributed by atoms with van der Waals surface area (Å²) >= 11 is 0. The molecule has 0 aromatic heterocycles. The first-order chi connectivity index (χ1) is 4.79. The molecule has 0 aromatic carbocycles. The molecule has 0 aliphatic heterocycles. The van der Waals surface area contributed by atoms with Crippen LogP contribution in [0.5, 0.6) is 0 Å². The van der Waals surface area contributed by atoms with Gasteiger partial charge >= 0.3 is 0 Å². The van der Waals surface area contributed by atoms with Crippen molar-refractivity contribution in [2.45, 2.75) is 12.8 Å². The highest BCUT2D eigenvalue weighted by atomic mass is 31.0. The zero-order chi connectivity index (χ0) is 7.40. The maximum atomic E-state index is 10.5. The number of hydrogen-bond acceptors (Lipinski definition) is 1. The average molecular weight is 155 g/mol. The minimum absolute atomic E-state index is 0.0854. The van der Waals surface area contributed by atoms with Crippen molar-refractivity contribution in [2.75, 3.05) is 0 Å². The molecule has 0 spiro atoms. The molecule has 0 heterocycles. The standard InChI is InChI=1S/C7H10NOP/c9-7(10)8-6-4-2-1-3-5-6/h2,4-5H,1,3,10H2,(H,8,9). The number of allylic oxidation sites excluding steroid dienone is 3. The van der Waals surface area contributed by atoms with Crippen molar-refractivity contribution in [1.29, 1.82) is 0 Å². The molecular weight excluding hydrogens is 145 g/mol. The number of carbonyl (C=O) groups excluding carboxylic acids is 1. The van der Waals surface area contributed by atoms with Crippen LogP contribution in [-0.4, -0.2) is 5.65 Å². The van der Waals surface area contributed by atoms with Crippen LogP contribution < -0.4 is 5.32 Å². The number of amides is 1. The number of hydrogen-bond donors (Lipinski definition) is 1. The first-order valence-corrected chi connectivity index (χ1v) is 3.80. The Labute approximate surface area is 62.6 Å². The van der Waals surface area contributed by atoms with E-state index in [0.717, 1.165) is 18.5 Å². The van der Waals surface area contributed by atoms with Crippen molar-refractivity contribution in [3.8, 4) is 0 Å². The van der Waals surface area contributed by atoms with Crippen LogP contribution in [-0.2, 0) is 0 Å². The van der Waals surface area contributed by atoms with Crippen LogP contribution in [0.4, 0.5) is 4.79 Å². The Hall–Kier alpha value is -0.620. The van der Waals surface area contributed by atoms with E-state index in [2.05, 4.69) is 20.6 Å². The smallest absolute Gasteiger partial charge is 0.239 e. The molecule has 1 amide bonds. The quantitative estimate of drug-likeness (QED) is 0.575. The maximum absolute atomic E-state index is 10.5. The molecule has 0 saturated carbocycles. The zero-order valence-corrected chi connectivity index (χ0v) is 6.79. The summed E-state index contributed by atoms with van der Waals surface area (Å²) in [6.45, 7) is 0. The van der Waals surface area contributed by atoms with E-state index in [9.17, 15) is 4.79 Å². The molecule has 1 aliphatic carbocycles. The van der Waals surface area contributed by atoms with Crippen molar-refractivity contribution in [3.05, 3.63) is 23.9 Å². The Kier molecular flexibility index (Phi) is 2.64. The molecule has 54 valence electrons. The van der Waals surface area contributed by atoms with Gasteiger partial charge in [0.1, 0.15) is 0 Å². The van der Waals surface area contributed by atoms with Gasteiger partial charge in [0, 0.05) is 5.70 Å². The summed E-state index contributed by atoms with van der Waals surface area (Å²) in [5, 5.41) is 2.68. The van der Waals surface area contributed by atoms with Gasteiger partial charge in [-0.3, -0.25) is 4.79 Å². The second-order valence-electron chi connectivity index (χ2n) is 2.13. The molecule has 2 nitrogen and oxygen atoms in total. The van der Waals surface area contributed by atoms with Crippen molar-refractivity contribution in [2.24, 2.45) is 0 Å². The summed E-state index contributed by atoms with van der Waals surface area (Å²) in [6.07, 6.45) is 8.09. The van der Waals surface area contributed by atoms with Crippen LogP contribution in [0.15, 0.2) is 23.9 Å². The highest BCUT2D eigenvalue weighted by Crippen LogP contribution is 2.07. The van der Waals surface area contributed by atoms with E-state index in [-0.39, 0.29) is 5.65 Å². The fourth-order valence-corrected chi connectivity index (χ4v) is 1.02. The van der Waals surface area contributed by atoms with E-state index in [1.54, 1.807) is 0 Å². The molecule has 0 aromatic rings. The third-order valence-corrected chi connectivity index (χ3v) is 1.41. The van der Waals surface area contributed by atoms with Crippen LogP contribution in [0.2, 0.25) is 0 Å². The van der Waals surface area contributed by atoms with E-state index in [4.69, 9.17) is 0 Å². The number of carbonyl (C=O) groups is 1.